The lowest BCUT2D eigenvalue weighted by molar-refractivity contribution is -0.160. The van der Waals surface area contributed by atoms with Gasteiger partial charge >= 0.3 is 5.97 Å². The first kappa shape index (κ1) is 27.1. The van der Waals surface area contributed by atoms with E-state index < -0.39 is 24.6 Å². The third-order valence-corrected chi connectivity index (χ3v) is 7.35. The lowest BCUT2D eigenvalue weighted by Gasteiger charge is -2.29. The van der Waals surface area contributed by atoms with E-state index in [4.69, 9.17) is 19.3 Å². The topological polar surface area (TPSA) is 97.7 Å². The number of amides is 1. The summed E-state index contributed by atoms with van der Waals surface area (Å²) in [6.45, 7) is -0.531. The van der Waals surface area contributed by atoms with E-state index in [2.05, 4.69) is 6.08 Å². The molecule has 0 aromatic heterocycles. The molecule has 1 N–H and O–H groups in total. The van der Waals surface area contributed by atoms with Gasteiger partial charge in [-0.15, -0.1) is 0 Å². The van der Waals surface area contributed by atoms with Gasteiger partial charge in [-0.1, -0.05) is 54.6 Å². The zero-order valence-corrected chi connectivity index (χ0v) is 22.5. The number of allylic oxidation sites excluding steroid dienone is 1. The number of hydrazone groups is 1. The summed E-state index contributed by atoms with van der Waals surface area (Å²) in [7, 11) is 3.24. The van der Waals surface area contributed by atoms with Gasteiger partial charge in [-0.05, 0) is 71.9 Å². The van der Waals surface area contributed by atoms with Crippen LogP contribution in [0.2, 0.25) is 0 Å². The van der Waals surface area contributed by atoms with Crippen LogP contribution in [0.5, 0.6) is 11.5 Å². The molecule has 1 aliphatic heterocycles. The number of esters is 1. The second-order valence-corrected chi connectivity index (χ2v) is 9.80. The highest BCUT2D eigenvalue weighted by molar-refractivity contribution is 6.08. The van der Waals surface area contributed by atoms with Gasteiger partial charge in [0.25, 0.3) is 5.91 Å². The number of hydrogen-bond donors (Lipinski definition) is 1. The summed E-state index contributed by atoms with van der Waals surface area (Å²) in [5, 5.41) is 16.6. The monoisotopic (exact) mass is 540 g/mol. The minimum Gasteiger partial charge on any atom is -0.497 e. The number of hydrogen-bond acceptors (Lipinski definition) is 7. The number of carbonyl (C=O) groups is 2. The molecule has 1 amide bonds. The molecule has 3 unspecified atom stereocenters. The van der Waals surface area contributed by atoms with E-state index in [-0.39, 0.29) is 12.0 Å². The van der Waals surface area contributed by atoms with Crippen molar-refractivity contribution >= 4 is 23.7 Å². The van der Waals surface area contributed by atoms with Gasteiger partial charge < -0.3 is 19.3 Å². The van der Waals surface area contributed by atoms with Crippen LogP contribution in [0.1, 0.15) is 48.1 Å². The molecule has 1 saturated carbocycles. The van der Waals surface area contributed by atoms with Crippen LogP contribution in [-0.4, -0.2) is 48.5 Å². The van der Waals surface area contributed by atoms with Crippen molar-refractivity contribution in [3.63, 3.8) is 0 Å². The van der Waals surface area contributed by atoms with E-state index in [0.29, 0.717) is 11.3 Å². The molecule has 0 saturated heterocycles. The maximum atomic E-state index is 13.5. The Morgan fingerprint density at radius 1 is 0.975 bits per heavy atom. The summed E-state index contributed by atoms with van der Waals surface area (Å²) < 4.78 is 15.9. The van der Waals surface area contributed by atoms with Crippen LogP contribution >= 0.6 is 0 Å². The largest absolute Gasteiger partial charge is 0.497 e. The van der Waals surface area contributed by atoms with Gasteiger partial charge in [-0.2, -0.15) is 5.10 Å². The van der Waals surface area contributed by atoms with Crippen molar-refractivity contribution in [3.05, 3.63) is 101 Å². The summed E-state index contributed by atoms with van der Waals surface area (Å²) in [4.78, 5) is 26.0. The fourth-order valence-corrected chi connectivity index (χ4v) is 5.29. The van der Waals surface area contributed by atoms with E-state index in [1.807, 2.05) is 48.5 Å². The third kappa shape index (κ3) is 5.77. The molecule has 1 aliphatic carbocycles. The summed E-state index contributed by atoms with van der Waals surface area (Å²) in [6, 6.07) is 23.5. The second kappa shape index (κ2) is 12.2. The number of ether oxygens (including phenoxy) is 3. The molecule has 0 spiro atoms. The van der Waals surface area contributed by atoms with Crippen LogP contribution < -0.4 is 9.47 Å². The molecule has 40 heavy (non-hydrogen) atoms. The number of benzene rings is 3. The predicted octanol–water partition coefficient (Wildman–Crippen LogP) is 5.10. The highest BCUT2D eigenvalue weighted by Crippen LogP contribution is 2.44. The Kier molecular flexibility index (Phi) is 8.26. The van der Waals surface area contributed by atoms with Crippen molar-refractivity contribution < 1.29 is 28.9 Å². The van der Waals surface area contributed by atoms with Crippen molar-refractivity contribution in [2.75, 3.05) is 20.8 Å². The molecule has 0 radical (unpaired) electrons. The normalized spacial score (nSPS) is 19.9. The molecule has 1 fully saturated rings. The Labute approximate surface area is 233 Å². The lowest BCUT2D eigenvalue weighted by Crippen LogP contribution is -2.35. The number of nitrogens with zero attached hydrogens (tertiary/aromatic N) is 2. The van der Waals surface area contributed by atoms with E-state index in [1.54, 1.807) is 44.6 Å². The van der Waals surface area contributed by atoms with Gasteiger partial charge in [0.05, 0.1) is 26.0 Å². The number of aliphatic hydroxyl groups excluding tert-OH is 1. The number of methoxy groups -OCH3 is 2. The van der Waals surface area contributed by atoms with Crippen molar-refractivity contribution in [3.8, 4) is 11.5 Å². The van der Waals surface area contributed by atoms with Gasteiger partial charge in [-0.25, -0.2) is 9.80 Å². The summed E-state index contributed by atoms with van der Waals surface area (Å²) in [5.41, 5.74) is 4.28. The lowest BCUT2D eigenvalue weighted by atomic mass is 9.77. The summed E-state index contributed by atoms with van der Waals surface area (Å²) in [6.07, 6.45) is 3.30. The number of fused-ring (bicyclic) bond motifs is 1. The molecule has 3 aromatic rings. The second-order valence-electron chi connectivity index (χ2n) is 9.80. The molecule has 3 aromatic carbocycles. The highest BCUT2D eigenvalue weighted by Gasteiger charge is 2.44. The smallest absolute Gasteiger partial charge is 0.340 e. The van der Waals surface area contributed by atoms with Gasteiger partial charge in [-0.3, -0.25) is 4.79 Å². The zero-order valence-electron chi connectivity index (χ0n) is 22.5. The average Bonchev–Trinajstić information content (AvgIpc) is 3.41. The van der Waals surface area contributed by atoms with Crippen LogP contribution in [0.3, 0.4) is 0 Å². The summed E-state index contributed by atoms with van der Waals surface area (Å²) in [5.74, 6) is 0.143. The fraction of sp³-hybridized carbons (Fsp3) is 0.281. The Hall–Kier alpha value is -4.43. The molecule has 0 bridgehead atoms. The van der Waals surface area contributed by atoms with Crippen LogP contribution in [0.15, 0.2) is 89.5 Å². The average molecular weight is 541 g/mol. The van der Waals surface area contributed by atoms with E-state index in [9.17, 15) is 14.7 Å². The first-order valence-corrected chi connectivity index (χ1v) is 13.3. The minimum absolute atomic E-state index is 0.0128. The van der Waals surface area contributed by atoms with Crippen LogP contribution in [-0.2, 0) is 14.3 Å². The van der Waals surface area contributed by atoms with Crippen LogP contribution in [0, 0.1) is 5.92 Å². The third-order valence-electron chi connectivity index (χ3n) is 7.35. The summed E-state index contributed by atoms with van der Waals surface area (Å²) >= 11 is 0. The minimum atomic E-state index is -1.47. The molecule has 8 nitrogen and oxygen atoms in total. The first-order valence-electron chi connectivity index (χ1n) is 13.3. The van der Waals surface area contributed by atoms with Crippen LogP contribution in [0.4, 0.5) is 0 Å². The molecule has 2 aliphatic rings. The Bertz CT molecular complexity index is 1400. The zero-order chi connectivity index (χ0) is 28.1. The van der Waals surface area contributed by atoms with Crippen molar-refractivity contribution in [1.82, 2.24) is 5.01 Å². The van der Waals surface area contributed by atoms with Crippen LogP contribution in [0.25, 0.3) is 6.08 Å². The van der Waals surface area contributed by atoms with Gasteiger partial charge in [0.1, 0.15) is 11.5 Å². The maximum absolute atomic E-state index is 13.5. The molecule has 5 rings (SSSR count). The Balaban J connectivity index is 1.41. The van der Waals surface area contributed by atoms with E-state index in [1.165, 1.54) is 5.01 Å². The molecule has 8 heteroatoms. The number of aliphatic hydroxyl groups is 1. The van der Waals surface area contributed by atoms with Gasteiger partial charge in [0.15, 0.2) is 12.7 Å². The Morgan fingerprint density at radius 2 is 1.62 bits per heavy atom. The van der Waals surface area contributed by atoms with E-state index in [0.717, 1.165) is 47.4 Å². The molecule has 3 atom stereocenters. The molecule has 1 heterocycles. The SMILES string of the molecule is COc1ccc(C=C2CCCC3C2=NN(C(=O)COC(=O)C(O)c2ccccc2)C3c2ccc(OC)cc2)cc1. The highest BCUT2D eigenvalue weighted by atomic mass is 16.6. The fourth-order valence-electron chi connectivity index (χ4n) is 5.29. The van der Waals surface area contributed by atoms with Gasteiger partial charge in [0, 0.05) is 5.92 Å². The quantitative estimate of drug-likeness (QED) is 0.399. The molecular weight excluding hydrogens is 508 g/mol. The maximum Gasteiger partial charge on any atom is 0.340 e. The number of rotatable bonds is 8. The molecular formula is C32H32N2O6. The Morgan fingerprint density at radius 3 is 2.27 bits per heavy atom. The molecule has 206 valence electrons. The van der Waals surface area contributed by atoms with Crippen molar-refractivity contribution in [1.29, 1.82) is 0 Å². The first-order chi connectivity index (χ1) is 19.5. The van der Waals surface area contributed by atoms with E-state index >= 15 is 0 Å². The van der Waals surface area contributed by atoms with Crippen molar-refractivity contribution in [2.24, 2.45) is 11.0 Å². The standard InChI is InChI=1S/C32H32N2O6/c1-38-25-15-11-21(12-16-25)19-24-9-6-10-27-29(24)33-34(30(27)22-13-17-26(39-2)18-14-22)28(35)20-40-32(37)31(36)23-7-4-3-5-8-23/h3-5,7-8,11-19,27,30-31,36H,6,9-10,20H2,1-2H3. The number of carbonyl (C=O) groups excluding carboxylic acids is 2. The van der Waals surface area contributed by atoms with Crippen molar-refractivity contribution in [2.45, 2.75) is 31.4 Å². The predicted molar refractivity (Wildman–Crippen MR) is 151 cm³/mol. The van der Waals surface area contributed by atoms with Gasteiger partial charge in [0.2, 0.25) is 0 Å².